The summed E-state index contributed by atoms with van der Waals surface area (Å²) in [6.07, 6.45) is 4.77. The van der Waals surface area contributed by atoms with Crippen LogP contribution in [-0.4, -0.2) is 29.7 Å². The zero-order chi connectivity index (χ0) is 14.2. The molecule has 0 bridgehead atoms. The van der Waals surface area contributed by atoms with Crippen molar-refractivity contribution < 1.29 is 4.74 Å². The summed E-state index contributed by atoms with van der Waals surface area (Å²) < 4.78 is 5.50. The fourth-order valence-corrected chi connectivity index (χ4v) is 2.25. The van der Waals surface area contributed by atoms with Gasteiger partial charge in [-0.25, -0.2) is 4.98 Å². The number of aromatic amines is 1. The molecule has 0 spiro atoms. The topological polar surface area (TPSA) is 49.9 Å². The molecular weight excluding hydrogens is 250 g/mol. The lowest BCUT2D eigenvalue weighted by Gasteiger charge is -2.02. The van der Waals surface area contributed by atoms with Gasteiger partial charge in [0.05, 0.1) is 17.6 Å². The van der Waals surface area contributed by atoms with Gasteiger partial charge in [-0.3, -0.25) is 0 Å². The summed E-state index contributed by atoms with van der Waals surface area (Å²) >= 11 is 0. The van der Waals surface area contributed by atoms with Crippen LogP contribution in [0.3, 0.4) is 0 Å². The van der Waals surface area contributed by atoms with E-state index in [1.807, 2.05) is 25.1 Å². The second-order valence-electron chi connectivity index (χ2n) is 5.00. The third kappa shape index (κ3) is 4.23. The molecule has 2 rings (SSSR count). The summed E-state index contributed by atoms with van der Waals surface area (Å²) in [5.74, 6) is 1.93. The number of hydrogen-bond acceptors (Lipinski definition) is 3. The third-order valence-electron chi connectivity index (χ3n) is 3.31. The molecule has 4 heteroatoms. The van der Waals surface area contributed by atoms with E-state index in [9.17, 15) is 0 Å². The van der Waals surface area contributed by atoms with E-state index in [0.717, 1.165) is 42.1 Å². The minimum Gasteiger partial charge on any atom is -0.494 e. The van der Waals surface area contributed by atoms with E-state index in [-0.39, 0.29) is 0 Å². The van der Waals surface area contributed by atoms with Gasteiger partial charge in [-0.15, -0.1) is 0 Å². The zero-order valence-electron chi connectivity index (χ0n) is 12.5. The molecule has 20 heavy (non-hydrogen) atoms. The Morgan fingerprint density at radius 1 is 1.20 bits per heavy atom. The molecule has 2 N–H and O–H groups in total. The minimum absolute atomic E-state index is 0.689. The van der Waals surface area contributed by atoms with E-state index in [1.165, 1.54) is 19.3 Å². The van der Waals surface area contributed by atoms with Crippen molar-refractivity contribution in [2.24, 2.45) is 0 Å². The Morgan fingerprint density at radius 2 is 2.10 bits per heavy atom. The van der Waals surface area contributed by atoms with Gasteiger partial charge < -0.3 is 15.0 Å². The second-order valence-corrected chi connectivity index (χ2v) is 5.00. The van der Waals surface area contributed by atoms with E-state index >= 15 is 0 Å². The van der Waals surface area contributed by atoms with Gasteiger partial charge in [0.1, 0.15) is 11.6 Å². The molecule has 0 amide bonds. The van der Waals surface area contributed by atoms with Crippen molar-refractivity contribution in [3.05, 3.63) is 24.0 Å². The van der Waals surface area contributed by atoms with Gasteiger partial charge in [0, 0.05) is 19.0 Å². The number of hydrogen-bond donors (Lipinski definition) is 2. The maximum atomic E-state index is 5.50. The fraction of sp³-hybridized carbons (Fsp3) is 0.562. The Labute approximate surface area is 120 Å². The largest absolute Gasteiger partial charge is 0.494 e. The summed E-state index contributed by atoms with van der Waals surface area (Å²) in [5.41, 5.74) is 2.06. The molecule has 0 saturated heterocycles. The van der Waals surface area contributed by atoms with Crippen LogP contribution in [0, 0.1) is 0 Å². The number of aromatic nitrogens is 2. The fourth-order valence-electron chi connectivity index (χ4n) is 2.25. The first-order valence-electron chi connectivity index (χ1n) is 7.65. The standard InChI is InChI=1S/C16H25N3O/c1-3-5-6-10-17-11-9-16-18-14-8-7-13(20-4-2)12-15(14)19-16/h7-8,12,17H,3-6,9-11H2,1-2H3,(H,18,19). The Balaban J connectivity index is 1.84. The van der Waals surface area contributed by atoms with Crippen LogP contribution in [0.4, 0.5) is 0 Å². The number of fused-ring (bicyclic) bond motifs is 1. The molecule has 0 atom stereocenters. The highest BCUT2D eigenvalue weighted by Crippen LogP contribution is 2.19. The lowest BCUT2D eigenvalue weighted by atomic mass is 10.2. The summed E-state index contributed by atoms with van der Waals surface area (Å²) in [6.45, 7) is 6.98. The van der Waals surface area contributed by atoms with Gasteiger partial charge in [-0.05, 0) is 32.0 Å². The lowest BCUT2D eigenvalue weighted by molar-refractivity contribution is 0.340. The molecule has 0 aliphatic heterocycles. The summed E-state index contributed by atoms with van der Waals surface area (Å²) in [6, 6.07) is 6.00. The van der Waals surface area contributed by atoms with Gasteiger partial charge in [0.15, 0.2) is 0 Å². The average Bonchev–Trinajstić information content (AvgIpc) is 2.85. The molecule has 1 heterocycles. The summed E-state index contributed by atoms with van der Waals surface area (Å²) in [7, 11) is 0. The van der Waals surface area contributed by atoms with Crippen LogP contribution in [0.1, 0.15) is 38.9 Å². The number of unbranched alkanes of at least 4 members (excludes halogenated alkanes) is 2. The van der Waals surface area contributed by atoms with Gasteiger partial charge in [0.25, 0.3) is 0 Å². The maximum absolute atomic E-state index is 5.50. The SMILES string of the molecule is CCCCCNCCc1nc2ccc(OCC)cc2[nH]1. The number of H-pyrrole nitrogens is 1. The zero-order valence-corrected chi connectivity index (χ0v) is 12.5. The van der Waals surface area contributed by atoms with Gasteiger partial charge >= 0.3 is 0 Å². The van der Waals surface area contributed by atoms with Crippen LogP contribution in [0.5, 0.6) is 5.75 Å². The van der Waals surface area contributed by atoms with Gasteiger partial charge in [0.2, 0.25) is 0 Å². The first-order valence-corrected chi connectivity index (χ1v) is 7.65. The monoisotopic (exact) mass is 275 g/mol. The number of imidazole rings is 1. The Kier molecular flexibility index (Phi) is 5.87. The van der Waals surface area contributed by atoms with E-state index in [4.69, 9.17) is 4.74 Å². The van der Waals surface area contributed by atoms with Crippen LogP contribution in [0.2, 0.25) is 0 Å². The number of ether oxygens (including phenoxy) is 1. The Bertz CT molecular complexity index is 521. The van der Waals surface area contributed by atoms with E-state index < -0.39 is 0 Å². The number of nitrogens with zero attached hydrogens (tertiary/aromatic N) is 1. The van der Waals surface area contributed by atoms with Crippen LogP contribution < -0.4 is 10.1 Å². The molecule has 0 radical (unpaired) electrons. The van der Waals surface area contributed by atoms with Crippen molar-refractivity contribution in [3.63, 3.8) is 0 Å². The highest BCUT2D eigenvalue weighted by Gasteiger charge is 2.04. The summed E-state index contributed by atoms with van der Waals surface area (Å²) in [5, 5.41) is 3.46. The normalized spacial score (nSPS) is 11.1. The predicted octanol–water partition coefficient (Wildman–Crippen LogP) is 3.28. The van der Waals surface area contributed by atoms with Crippen molar-refractivity contribution in [1.82, 2.24) is 15.3 Å². The molecule has 1 aromatic heterocycles. The van der Waals surface area contributed by atoms with E-state index in [2.05, 4.69) is 22.2 Å². The van der Waals surface area contributed by atoms with E-state index in [0.29, 0.717) is 6.61 Å². The molecule has 0 aliphatic rings. The number of nitrogens with one attached hydrogen (secondary N) is 2. The maximum Gasteiger partial charge on any atom is 0.121 e. The van der Waals surface area contributed by atoms with Crippen LogP contribution in [0.25, 0.3) is 11.0 Å². The quantitative estimate of drug-likeness (QED) is 0.690. The lowest BCUT2D eigenvalue weighted by Crippen LogP contribution is -2.18. The molecule has 110 valence electrons. The van der Waals surface area contributed by atoms with Gasteiger partial charge in [-0.2, -0.15) is 0 Å². The third-order valence-corrected chi connectivity index (χ3v) is 3.31. The Hall–Kier alpha value is -1.55. The molecular formula is C16H25N3O. The Morgan fingerprint density at radius 3 is 2.90 bits per heavy atom. The first-order chi connectivity index (χ1) is 9.83. The average molecular weight is 275 g/mol. The van der Waals surface area contributed by atoms with Crippen molar-refractivity contribution >= 4 is 11.0 Å². The smallest absolute Gasteiger partial charge is 0.121 e. The molecule has 2 aromatic rings. The highest BCUT2D eigenvalue weighted by atomic mass is 16.5. The van der Waals surface area contributed by atoms with Crippen molar-refractivity contribution in [3.8, 4) is 5.75 Å². The van der Waals surface area contributed by atoms with Crippen molar-refractivity contribution in [2.45, 2.75) is 39.5 Å². The van der Waals surface area contributed by atoms with Crippen molar-refractivity contribution in [1.29, 1.82) is 0 Å². The van der Waals surface area contributed by atoms with Crippen LogP contribution >= 0.6 is 0 Å². The van der Waals surface area contributed by atoms with E-state index in [1.54, 1.807) is 0 Å². The molecule has 0 unspecified atom stereocenters. The highest BCUT2D eigenvalue weighted by molar-refractivity contribution is 5.76. The number of benzene rings is 1. The minimum atomic E-state index is 0.689. The molecule has 0 fully saturated rings. The number of rotatable bonds is 9. The molecule has 1 aromatic carbocycles. The first kappa shape index (κ1) is 14.9. The molecule has 4 nitrogen and oxygen atoms in total. The molecule has 0 aliphatic carbocycles. The van der Waals surface area contributed by atoms with Crippen LogP contribution in [0.15, 0.2) is 18.2 Å². The molecule has 0 saturated carbocycles. The predicted molar refractivity (Wildman–Crippen MR) is 83.4 cm³/mol. The van der Waals surface area contributed by atoms with Gasteiger partial charge in [-0.1, -0.05) is 19.8 Å². The second kappa shape index (κ2) is 7.90. The van der Waals surface area contributed by atoms with Crippen LogP contribution in [-0.2, 0) is 6.42 Å². The van der Waals surface area contributed by atoms with Crippen molar-refractivity contribution in [2.75, 3.05) is 19.7 Å². The summed E-state index contributed by atoms with van der Waals surface area (Å²) in [4.78, 5) is 7.96.